The van der Waals surface area contributed by atoms with Crippen molar-refractivity contribution in [3.05, 3.63) is 76.3 Å². The summed E-state index contributed by atoms with van der Waals surface area (Å²) < 4.78 is 5.25. The van der Waals surface area contributed by atoms with E-state index in [1.807, 2.05) is 0 Å². The van der Waals surface area contributed by atoms with Crippen molar-refractivity contribution in [1.29, 1.82) is 0 Å². The van der Waals surface area contributed by atoms with Gasteiger partial charge in [-0.05, 0) is 42.5 Å². The molecule has 2 amide bonds. The van der Waals surface area contributed by atoms with Gasteiger partial charge < -0.3 is 10.1 Å². The number of ether oxygens (including phenoxy) is 1. The molecular weight excluding hydrogens is 398 g/mol. The first kappa shape index (κ1) is 19.6. The number of thiazole rings is 1. The quantitative estimate of drug-likeness (QED) is 0.573. The molecule has 0 saturated carbocycles. The Balaban J connectivity index is 1.67. The van der Waals surface area contributed by atoms with Gasteiger partial charge in [-0.3, -0.25) is 14.9 Å². The van der Waals surface area contributed by atoms with E-state index < -0.39 is 0 Å². The topological polar surface area (TPSA) is 80.3 Å². The molecule has 1 aromatic heterocycles. The number of carbonyl (C=O) groups excluding carboxylic acids is 2. The first-order valence-corrected chi connectivity index (χ1v) is 9.44. The number of hydrogen-bond donors (Lipinski definition) is 2. The highest BCUT2D eigenvalue weighted by atomic mass is 35.5. The highest BCUT2D eigenvalue weighted by Crippen LogP contribution is 2.24. The van der Waals surface area contributed by atoms with E-state index in [9.17, 15) is 9.59 Å². The third kappa shape index (κ3) is 5.18. The van der Waals surface area contributed by atoms with Crippen molar-refractivity contribution in [3.63, 3.8) is 0 Å². The van der Waals surface area contributed by atoms with E-state index in [1.165, 1.54) is 17.4 Å². The highest BCUT2D eigenvalue weighted by Gasteiger charge is 2.09. The van der Waals surface area contributed by atoms with Crippen LogP contribution in [-0.4, -0.2) is 23.9 Å². The Bertz CT molecular complexity index is 1020. The van der Waals surface area contributed by atoms with Crippen LogP contribution in [0, 0.1) is 0 Å². The maximum absolute atomic E-state index is 12.3. The average Bonchev–Trinajstić information content (AvgIpc) is 3.19. The lowest BCUT2D eigenvalue weighted by atomic mass is 10.1. The first-order chi connectivity index (χ1) is 13.5. The molecule has 28 heavy (non-hydrogen) atoms. The van der Waals surface area contributed by atoms with Gasteiger partial charge in [0.2, 0.25) is 5.91 Å². The summed E-state index contributed by atoms with van der Waals surface area (Å²) in [7, 11) is 1.54. The Morgan fingerprint density at radius 2 is 2.04 bits per heavy atom. The summed E-state index contributed by atoms with van der Waals surface area (Å²) in [5, 5.41) is 8.25. The molecule has 2 N–H and O–H groups in total. The molecule has 0 bridgehead atoms. The second-order valence-electron chi connectivity index (χ2n) is 5.58. The Morgan fingerprint density at radius 1 is 1.18 bits per heavy atom. The number of benzene rings is 2. The molecule has 6 nitrogen and oxygen atoms in total. The van der Waals surface area contributed by atoms with Gasteiger partial charge in [-0.15, -0.1) is 11.3 Å². The number of halogens is 1. The maximum atomic E-state index is 12.3. The van der Waals surface area contributed by atoms with Crippen molar-refractivity contribution in [2.75, 3.05) is 17.7 Å². The van der Waals surface area contributed by atoms with Crippen molar-refractivity contribution in [1.82, 2.24) is 4.98 Å². The molecule has 0 spiro atoms. The summed E-state index contributed by atoms with van der Waals surface area (Å²) in [4.78, 5) is 28.5. The summed E-state index contributed by atoms with van der Waals surface area (Å²) in [6, 6.07) is 11.8. The second kappa shape index (κ2) is 9.16. The zero-order valence-electron chi connectivity index (χ0n) is 14.8. The molecular formula is C20H16ClN3O3S. The Hall–Kier alpha value is -3.16. The Kier molecular flexibility index (Phi) is 6.41. The van der Waals surface area contributed by atoms with Gasteiger partial charge in [0.1, 0.15) is 5.75 Å². The van der Waals surface area contributed by atoms with Crippen LogP contribution < -0.4 is 15.4 Å². The zero-order chi connectivity index (χ0) is 19.9. The minimum absolute atomic E-state index is 0.301. The van der Waals surface area contributed by atoms with Crippen molar-refractivity contribution in [2.24, 2.45) is 0 Å². The highest BCUT2D eigenvalue weighted by molar-refractivity contribution is 7.13. The van der Waals surface area contributed by atoms with Crippen LogP contribution in [0.1, 0.15) is 15.9 Å². The minimum Gasteiger partial charge on any atom is -0.496 e. The largest absolute Gasteiger partial charge is 0.496 e. The standard InChI is InChI=1S/C20H16ClN3O3S/c1-27-17-7-6-15(21)11-13(17)5-8-18(25)23-16-4-2-3-14(12-16)19(26)24-20-22-9-10-28-20/h2-12H,1H3,(H,23,25)(H,22,24,26)/b8-5+. The summed E-state index contributed by atoms with van der Waals surface area (Å²) >= 11 is 7.31. The van der Waals surface area contributed by atoms with Crippen LogP contribution in [-0.2, 0) is 4.79 Å². The van der Waals surface area contributed by atoms with E-state index >= 15 is 0 Å². The van der Waals surface area contributed by atoms with E-state index in [-0.39, 0.29) is 11.8 Å². The Labute approximate surface area is 170 Å². The number of nitrogens with one attached hydrogen (secondary N) is 2. The number of anilines is 2. The smallest absolute Gasteiger partial charge is 0.257 e. The van der Waals surface area contributed by atoms with Crippen molar-refractivity contribution >= 4 is 51.6 Å². The first-order valence-electron chi connectivity index (χ1n) is 8.18. The lowest BCUT2D eigenvalue weighted by Gasteiger charge is -2.07. The van der Waals surface area contributed by atoms with E-state index in [0.717, 1.165) is 0 Å². The molecule has 1 heterocycles. The molecule has 0 aliphatic heterocycles. The predicted octanol–water partition coefficient (Wildman–Crippen LogP) is 4.71. The number of hydrogen-bond acceptors (Lipinski definition) is 5. The summed E-state index contributed by atoms with van der Waals surface area (Å²) in [6.07, 6.45) is 4.59. The van der Waals surface area contributed by atoms with Crippen LogP contribution in [0.3, 0.4) is 0 Å². The fourth-order valence-corrected chi connectivity index (χ4v) is 3.08. The van der Waals surface area contributed by atoms with Crippen LogP contribution in [0.2, 0.25) is 5.02 Å². The molecule has 2 aromatic carbocycles. The average molecular weight is 414 g/mol. The van der Waals surface area contributed by atoms with Gasteiger partial charge in [-0.25, -0.2) is 4.98 Å². The normalized spacial score (nSPS) is 10.6. The van der Waals surface area contributed by atoms with Gasteiger partial charge >= 0.3 is 0 Å². The Morgan fingerprint density at radius 3 is 2.79 bits per heavy atom. The number of rotatable bonds is 6. The van der Waals surface area contributed by atoms with Crippen molar-refractivity contribution in [2.45, 2.75) is 0 Å². The molecule has 3 aromatic rings. The number of methoxy groups -OCH3 is 1. The molecule has 0 atom stereocenters. The monoisotopic (exact) mass is 413 g/mol. The molecule has 0 saturated heterocycles. The summed E-state index contributed by atoms with van der Waals surface area (Å²) in [5.41, 5.74) is 1.59. The SMILES string of the molecule is COc1ccc(Cl)cc1/C=C/C(=O)Nc1cccc(C(=O)Nc2nccs2)c1. The molecule has 0 radical (unpaired) electrons. The lowest BCUT2D eigenvalue weighted by Crippen LogP contribution is -2.13. The maximum Gasteiger partial charge on any atom is 0.257 e. The molecule has 0 aliphatic carbocycles. The van der Waals surface area contributed by atoms with Gasteiger partial charge in [0.15, 0.2) is 5.13 Å². The van der Waals surface area contributed by atoms with Crippen LogP contribution in [0.15, 0.2) is 60.1 Å². The van der Waals surface area contributed by atoms with Crippen LogP contribution in [0.25, 0.3) is 6.08 Å². The van der Waals surface area contributed by atoms with E-state index in [2.05, 4.69) is 15.6 Å². The number of carbonyl (C=O) groups is 2. The van der Waals surface area contributed by atoms with E-state index in [1.54, 1.807) is 67.2 Å². The van der Waals surface area contributed by atoms with Crippen LogP contribution >= 0.6 is 22.9 Å². The van der Waals surface area contributed by atoms with Gasteiger partial charge in [0.05, 0.1) is 7.11 Å². The molecule has 142 valence electrons. The third-order valence-electron chi connectivity index (χ3n) is 3.65. The van der Waals surface area contributed by atoms with E-state index in [0.29, 0.717) is 32.7 Å². The number of amides is 2. The number of aromatic nitrogens is 1. The van der Waals surface area contributed by atoms with E-state index in [4.69, 9.17) is 16.3 Å². The third-order valence-corrected chi connectivity index (χ3v) is 4.57. The molecule has 0 unspecified atom stereocenters. The summed E-state index contributed by atoms with van der Waals surface area (Å²) in [5.74, 6) is -0.0425. The van der Waals surface area contributed by atoms with Gasteiger partial charge in [0, 0.05) is 39.5 Å². The minimum atomic E-state index is -0.348. The lowest BCUT2D eigenvalue weighted by molar-refractivity contribution is -0.111. The zero-order valence-corrected chi connectivity index (χ0v) is 16.4. The fraction of sp³-hybridized carbons (Fsp3) is 0.0500. The van der Waals surface area contributed by atoms with Gasteiger partial charge in [-0.2, -0.15) is 0 Å². The predicted molar refractivity (Wildman–Crippen MR) is 112 cm³/mol. The van der Waals surface area contributed by atoms with Crippen molar-refractivity contribution in [3.8, 4) is 5.75 Å². The fourth-order valence-electron chi connectivity index (χ4n) is 2.38. The van der Waals surface area contributed by atoms with Crippen LogP contribution in [0.4, 0.5) is 10.8 Å². The van der Waals surface area contributed by atoms with Gasteiger partial charge in [-0.1, -0.05) is 17.7 Å². The summed E-state index contributed by atoms with van der Waals surface area (Å²) in [6.45, 7) is 0. The molecule has 0 aliphatic rings. The van der Waals surface area contributed by atoms with Crippen LogP contribution in [0.5, 0.6) is 5.75 Å². The number of nitrogens with zero attached hydrogens (tertiary/aromatic N) is 1. The van der Waals surface area contributed by atoms with Gasteiger partial charge in [0.25, 0.3) is 5.91 Å². The van der Waals surface area contributed by atoms with Crippen molar-refractivity contribution < 1.29 is 14.3 Å². The second-order valence-corrected chi connectivity index (χ2v) is 6.91. The molecule has 8 heteroatoms. The molecule has 0 fully saturated rings. The molecule has 3 rings (SSSR count).